The summed E-state index contributed by atoms with van der Waals surface area (Å²) in [5.74, 6) is -0.774. The van der Waals surface area contributed by atoms with Crippen molar-refractivity contribution < 1.29 is 18.4 Å². The van der Waals surface area contributed by atoms with Gasteiger partial charge in [0.1, 0.15) is 17.1 Å². The van der Waals surface area contributed by atoms with Crippen molar-refractivity contribution >= 4 is 57.8 Å². The van der Waals surface area contributed by atoms with Crippen molar-refractivity contribution in [2.45, 2.75) is 13.3 Å². The Morgan fingerprint density at radius 2 is 1.88 bits per heavy atom. The summed E-state index contributed by atoms with van der Waals surface area (Å²) in [5.41, 5.74) is 3.03. The van der Waals surface area contributed by atoms with Gasteiger partial charge in [0.25, 0.3) is 0 Å². The van der Waals surface area contributed by atoms with Gasteiger partial charge in [0.15, 0.2) is 5.58 Å². The van der Waals surface area contributed by atoms with Crippen LogP contribution in [0.25, 0.3) is 28.6 Å². The maximum absolute atomic E-state index is 14.8. The van der Waals surface area contributed by atoms with Gasteiger partial charge in [-0.3, -0.25) is 9.59 Å². The van der Waals surface area contributed by atoms with Gasteiger partial charge >= 0.3 is 0 Å². The number of hydrogen-bond acceptors (Lipinski definition) is 4. The highest BCUT2D eigenvalue weighted by Crippen LogP contribution is 2.28. The fraction of sp³-hybridized carbons (Fsp3) is 0.0800. The summed E-state index contributed by atoms with van der Waals surface area (Å²) in [7, 11) is 0. The first-order valence-electron chi connectivity index (χ1n) is 9.91. The highest BCUT2D eigenvalue weighted by molar-refractivity contribution is 6.42. The molecule has 3 aromatic carbocycles. The molecule has 0 unspecified atom stereocenters. The zero-order valence-electron chi connectivity index (χ0n) is 17.4. The smallest absolute Gasteiger partial charge is 0.248 e. The third-order valence-corrected chi connectivity index (χ3v) is 5.48. The normalized spacial score (nSPS) is 11.3. The molecule has 1 N–H and O–H groups in total. The Hall–Kier alpha value is -3.48. The maximum Gasteiger partial charge on any atom is 0.248 e. The van der Waals surface area contributed by atoms with Gasteiger partial charge in [-0.2, -0.15) is 0 Å². The fourth-order valence-electron chi connectivity index (χ4n) is 3.22. The molecule has 0 aliphatic carbocycles. The van der Waals surface area contributed by atoms with Crippen LogP contribution in [0.2, 0.25) is 10.0 Å². The molecule has 0 fully saturated rings. The Balaban J connectivity index is 1.50. The topological polar surface area (TPSA) is 72.2 Å². The third-order valence-electron chi connectivity index (χ3n) is 4.74. The van der Waals surface area contributed by atoms with Crippen LogP contribution in [0.5, 0.6) is 0 Å². The van der Waals surface area contributed by atoms with Crippen molar-refractivity contribution in [1.29, 1.82) is 0 Å². The van der Waals surface area contributed by atoms with Crippen LogP contribution in [0.4, 0.5) is 10.1 Å². The van der Waals surface area contributed by atoms with E-state index in [1.165, 1.54) is 37.3 Å². The Morgan fingerprint density at radius 3 is 2.61 bits per heavy atom. The van der Waals surface area contributed by atoms with Crippen LogP contribution in [-0.4, -0.2) is 16.7 Å². The second-order valence-corrected chi connectivity index (χ2v) is 8.21. The number of benzene rings is 3. The Bertz CT molecular complexity index is 1410. The molecule has 0 atom stereocenters. The average Bonchev–Trinajstić information content (AvgIpc) is 3.17. The molecular formula is C25H17Cl2FN2O3. The number of Topliss-reactive ketones (excluding diaryl/α,β-unsaturated/α-hetero) is 1. The van der Waals surface area contributed by atoms with Crippen LogP contribution in [0.1, 0.15) is 18.1 Å². The predicted molar refractivity (Wildman–Crippen MR) is 128 cm³/mol. The molecule has 0 saturated heterocycles. The van der Waals surface area contributed by atoms with Crippen LogP contribution < -0.4 is 5.32 Å². The standard InChI is InChI=1S/C25H17Cl2FN2O3/c1-14(31)10-16-3-8-23-22(12-16)30-25(33-23)18-6-2-15(11-21(18)28)4-9-24(32)29-17-5-7-19(26)20(27)13-17/h2-9,11-13H,10H2,1H3,(H,29,32)/b9-4+. The van der Waals surface area contributed by atoms with Crippen molar-refractivity contribution in [3.63, 3.8) is 0 Å². The molecule has 1 heterocycles. The fourth-order valence-corrected chi connectivity index (χ4v) is 3.52. The number of hydrogen-bond donors (Lipinski definition) is 1. The number of ketones is 1. The number of nitrogens with one attached hydrogen (secondary N) is 1. The zero-order valence-corrected chi connectivity index (χ0v) is 18.9. The van der Waals surface area contributed by atoms with E-state index in [0.29, 0.717) is 38.8 Å². The minimum atomic E-state index is -0.544. The molecule has 33 heavy (non-hydrogen) atoms. The van der Waals surface area contributed by atoms with Gasteiger partial charge in [-0.1, -0.05) is 35.3 Å². The summed E-state index contributed by atoms with van der Waals surface area (Å²) < 4.78 is 20.4. The maximum atomic E-state index is 14.8. The van der Waals surface area contributed by atoms with Gasteiger partial charge in [0.05, 0.1) is 15.6 Å². The first-order chi connectivity index (χ1) is 15.8. The SMILES string of the molecule is CC(=O)Cc1ccc2oc(-c3ccc(/C=C/C(=O)Nc4ccc(Cl)c(Cl)c4)cc3F)nc2c1. The van der Waals surface area contributed by atoms with E-state index in [2.05, 4.69) is 10.3 Å². The van der Waals surface area contributed by atoms with Crippen molar-refractivity contribution in [2.75, 3.05) is 5.32 Å². The number of amides is 1. The molecule has 0 aliphatic heterocycles. The number of halogens is 3. The highest BCUT2D eigenvalue weighted by Gasteiger charge is 2.14. The lowest BCUT2D eigenvalue weighted by atomic mass is 10.1. The Morgan fingerprint density at radius 1 is 1.06 bits per heavy atom. The van der Waals surface area contributed by atoms with E-state index in [9.17, 15) is 14.0 Å². The van der Waals surface area contributed by atoms with E-state index in [1.807, 2.05) is 0 Å². The summed E-state index contributed by atoms with van der Waals surface area (Å²) >= 11 is 11.8. The zero-order chi connectivity index (χ0) is 23.5. The largest absolute Gasteiger partial charge is 0.436 e. The van der Waals surface area contributed by atoms with Crippen molar-refractivity contribution in [2.24, 2.45) is 0 Å². The number of oxazole rings is 1. The number of fused-ring (bicyclic) bond motifs is 1. The average molecular weight is 483 g/mol. The number of rotatable bonds is 6. The summed E-state index contributed by atoms with van der Waals surface area (Å²) in [4.78, 5) is 27.8. The van der Waals surface area contributed by atoms with E-state index in [1.54, 1.807) is 36.4 Å². The summed E-state index contributed by atoms with van der Waals surface area (Å²) in [6, 6.07) is 14.5. The lowest BCUT2D eigenvalue weighted by Crippen LogP contribution is -2.07. The molecule has 5 nitrogen and oxygen atoms in total. The molecular weight excluding hydrogens is 466 g/mol. The van der Waals surface area contributed by atoms with Crippen molar-refractivity contribution in [3.8, 4) is 11.5 Å². The number of carbonyl (C=O) groups excluding carboxylic acids is 2. The Labute approximate surface area is 198 Å². The molecule has 1 amide bonds. The molecule has 0 bridgehead atoms. The Kier molecular flexibility index (Phi) is 6.58. The van der Waals surface area contributed by atoms with Gasteiger partial charge in [-0.15, -0.1) is 0 Å². The minimum absolute atomic E-state index is 0.0402. The number of aromatic nitrogens is 1. The van der Waals surface area contributed by atoms with Crippen LogP contribution in [0.3, 0.4) is 0 Å². The van der Waals surface area contributed by atoms with Crippen molar-refractivity contribution in [1.82, 2.24) is 4.98 Å². The van der Waals surface area contributed by atoms with E-state index >= 15 is 0 Å². The highest BCUT2D eigenvalue weighted by atomic mass is 35.5. The van der Waals surface area contributed by atoms with Gasteiger partial charge in [0.2, 0.25) is 11.8 Å². The van der Waals surface area contributed by atoms with Crippen molar-refractivity contribution in [3.05, 3.63) is 87.7 Å². The van der Waals surface area contributed by atoms with Crippen LogP contribution in [-0.2, 0) is 16.0 Å². The van der Waals surface area contributed by atoms with E-state index < -0.39 is 11.7 Å². The van der Waals surface area contributed by atoms with Gasteiger partial charge in [-0.05, 0) is 66.6 Å². The summed E-state index contributed by atoms with van der Waals surface area (Å²) in [6.07, 6.45) is 3.07. The molecule has 0 aliphatic rings. The first-order valence-corrected chi connectivity index (χ1v) is 10.7. The number of carbonyl (C=O) groups is 2. The van der Waals surface area contributed by atoms with E-state index in [-0.39, 0.29) is 17.2 Å². The van der Waals surface area contributed by atoms with Gasteiger partial charge in [-0.25, -0.2) is 9.37 Å². The van der Waals surface area contributed by atoms with Gasteiger partial charge in [0, 0.05) is 18.2 Å². The van der Waals surface area contributed by atoms with E-state index in [0.717, 1.165) is 5.56 Å². The molecule has 0 radical (unpaired) electrons. The van der Waals surface area contributed by atoms with Gasteiger partial charge < -0.3 is 9.73 Å². The second kappa shape index (κ2) is 9.57. The molecule has 8 heteroatoms. The predicted octanol–water partition coefficient (Wildman–Crippen LogP) is 6.72. The number of nitrogens with zero attached hydrogens (tertiary/aromatic N) is 1. The molecule has 1 aromatic heterocycles. The lowest BCUT2D eigenvalue weighted by molar-refractivity contribution is -0.116. The molecule has 0 spiro atoms. The summed E-state index contributed by atoms with van der Waals surface area (Å²) in [6.45, 7) is 1.51. The monoisotopic (exact) mass is 482 g/mol. The van der Waals surface area contributed by atoms with Crippen LogP contribution >= 0.6 is 23.2 Å². The van der Waals surface area contributed by atoms with Crippen LogP contribution in [0.15, 0.2) is 65.1 Å². The summed E-state index contributed by atoms with van der Waals surface area (Å²) in [5, 5.41) is 3.36. The molecule has 4 rings (SSSR count). The molecule has 4 aromatic rings. The quantitative estimate of drug-likeness (QED) is 0.309. The minimum Gasteiger partial charge on any atom is -0.436 e. The third kappa shape index (κ3) is 5.48. The molecule has 166 valence electrons. The number of anilines is 1. The second-order valence-electron chi connectivity index (χ2n) is 7.39. The van der Waals surface area contributed by atoms with E-state index in [4.69, 9.17) is 27.6 Å². The first kappa shape index (κ1) is 22.7. The van der Waals surface area contributed by atoms with Crippen LogP contribution in [0, 0.1) is 5.82 Å². The lowest BCUT2D eigenvalue weighted by Gasteiger charge is -2.04. The molecule has 0 saturated carbocycles.